The minimum atomic E-state index is -0.851. The van der Waals surface area contributed by atoms with E-state index >= 15 is 4.39 Å². The highest BCUT2D eigenvalue weighted by molar-refractivity contribution is 5.99. The summed E-state index contributed by atoms with van der Waals surface area (Å²) < 4.78 is 44.0. The normalized spacial score (nSPS) is 28.4. The van der Waals surface area contributed by atoms with Gasteiger partial charge in [0, 0.05) is 31.8 Å². The maximum atomic E-state index is 15.1. The lowest BCUT2D eigenvalue weighted by atomic mass is 9.48. The van der Waals surface area contributed by atoms with E-state index in [0.29, 0.717) is 55.9 Å². The number of alkyl halides is 1. The summed E-state index contributed by atoms with van der Waals surface area (Å²) in [4.78, 5) is 34.2. The van der Waals surface area contributed by atoms with Gasteiger partial charge in [-0.15, -0.1) is 0 Å². The zero-order valence-electron chi connectivity index (χ0n) is 21.8. The third kappa shape index (κ3) is 4.36. The number of hydrogen-bond donors (Lipinski definition) is 0. The van der Waals surface area contributed by atoms with Gasteiger partial charge in [-0.05, 0) is 98.8 Å². The minimum absolute atomic E-state index is 0.0115. The van der Waals surface area contributed by atoms with Crippen molar-refractivity contribution in [1.82, 2.24) is 9.55 Å². The molecule has 8 heteroatoms. The molecule has 1 aromatic carbocycles. The highest BCUT2D eigenvalue weighted by atomic mass is 19.1. The second-order valence-corrected chi connectivity index (χ2v) is 12.6. The van der Waals surface area contributed by atoms with E-state index in [9.17, 15) is 18.4 Å². The molecule has 0 spiro atoms. The number of rotatable bonds is 5. The Balaban J connectivity index is 1.32. The first-order chi connectivity index (χ1) is 18.8. The smallest absolute Gasteiger partial charge is 0.201 e. The first-order valence-electron chi connectivity index (χ1n) is 14.2. The van der Waals surface area contributed by atoms with Gasteiger partial charge in [0.2, 0.25) is 5.43 Å². The largest absolute Gasteiger partial charge is 0.356 e. The molecule has 3 aromatic rings. The van der Waals surface area contributed by atoms with Crippen LogP contribution in [0.4, 0.5) is 19.0 Å². The third-order valence-corrected chi connectivity index (χ3v) is 9.75. The zero-order valence-corrected chi connectivity index (χ0v) is 21.8. The van der Waals surface area contributed by atoms with E-state index in [2.05, 4.69) is 0 Å². The fourth-order valence-corrected chi connectivity index (χ4v) is 8.45. The van der Waals surface area contributed by atoms with Gasteiger partial charge in [0.05, 0.1) is 16.6 Å². The highest BCUT2D eigenvalue weighted by Crippen LogP contribution is 2.61. The second-order valence-electron chi connectivity index (χ2n) is 12.6. The van der Waals surface area contributed by atoms with Gasteiger partial charge in [0.25, 0.3) is 0 Å². The number of carbonyl (C=O) groups is 1. The summed E-state index contributed by atoms with van der Waals surface area (Å²) in [5.74, 6) is 0.835. The summed E-state index contributed by atoms with van der Waals surface area (Å²) in [5, 5.41) is 0.208. The van der Waals surface area contributed by atoms with E-state index in [0.717, 1.165) is 31.4 Å². The minimum Gasteiger partial charge on any atom is -0.356 e. The van der Waals surface area contributed by atoms with Gasteiger partial charge in [0.15, 0.2) is 11.4 Å². The summed E-state index contributed by atoms with van der Waals surface area (Å²) in [5.41, 5.74) is -0.243. The van der Waals surface area contributed by atoms with E-state index in [1.54, 1.807) is 12.1 Å². The van der Waals surface area contributed by atoms with Crippen LogP contribution in [0.5, 0.6) is 0 Å². The average molecular weight is 536 g/mol. The van der Waals surface area contributed by atoms with Crippen molar-refractivity contribution in [2.75, 3.05) is 18.0 Å². The molecule has 5 fully saturated rings. The van der Waals surface area contributed by atoms with Crippen molar-refractivity contribution in [3.05, 3.63) is 63.9 Å². The van der Waals surface area contributed by atoms with Crippen LogP contribution in [0.1, 0.15) is 68.1 Å². The maximum absolute atomic E-state index is 15.1. The molecule has 4 bridgehead atoms. The van der Waals surface area contributed by atoms with Gasteiger partial charge in [-0.2, -0.15) is 0 Å². The van der Waals surface area contributed by atoms with Crippen molar-refractivity contribution in [2.24, 2.45) is 23.2 Å². The molecule has 3 heterocycles. The van der Waals surface area contributed by atoms with E-state index in [4.69, 9.17) is 4.98 Å². The molecule has 5 nitrogen and oxygen atoms in total. The number of Topliss-reactive ketones (excluding diaryl/α,β-unsaturated/α-hetero) is 1. The lowest BCUT2D eigenvalue weighted by Gasteiger charge is -2.56. The van der Waals surface area contributed by atoms with Crippen LogP contribution in [0, 0.1) is 34.8 Å². The number of fused-ring (bicyclic) bond motifs is 1. The number of hydrogen-bond acceptors (Lipinski definition) is 4. The van der Waals surface area contributed by atoms with Crippen LogP contribution in [0.3, 0.4) is 0 Å². The zero-order chi connectivity index (χ0) is 26.9. The Morgan fingerprint density at radius 2 is 1.64 bits per heavy atom. The summed E-state index contributed by atoms with van der Waals surface area (Å²) >= 11 is 0. The second kappa shape index (κ2) is 9.20. The number of benzene rings is 1. The standard InChI is InChI=1S/C31H32F3N3O2/c32-21-5-7-36(8-6-21)28-4-2-23-29(39)24(17-37(30(23)35-28)26-3-1-22(33)12-25(26)34)27(38)16-31-13-18-9-19(14-31)11-20(10-18)15-31/h1-4,12,17-21H,5-11,13-16H2. The van der Waals surface area contributed by atoms with Gasteiger partial charge in [0.1, 0.15) is 23.6 Å². The van der Waals surface area contributed by atoms with Gasteiger partial charge in [-0.3, -0.25) is 14.2 Å². The van der Waals surface area contributed by atoms with Crippen LogP contribution < -0.4 is 10.3 Å². The van der Waals surface area contributed by atoms with Gasteiger partial charge < -0.3 is 4.90 Å². The summed E-state index contributed by atoms with van der Waals surface area (Å²) in [6, 6.07) is 6.56. The van der Waals surface area contributed by atoms with Crippen LogP contribution in [0.25, 0.3) is 16.7 Å². The molecule has 0 amide bonds. The number of carbonyl (C=O) groups excluding carboxylic acids is 1. The number of anilines is 1. The molecular formula is C31H32F3N3O2. The number of pyridine rings is 2. The van der Waals surface area contributed by atoms with E-state index in [-0.39, 0.29) is 33.5 Å². The van der Waals surface area contributed by atoms with Gasteiger partial charge >= 0.3 is 0 Å². The molecule has 0 atom stereocenters. The molecular weight excluding hydrogens is 503 g/mol. The average Bonchev–Trinajstić information content (AvgIpc) is 2.88. The molecule has 5 aliphatic rings. The fraction of sp³-hybridized carbons (Fsp3) is 0.516. The fourth-order valence-electron chi connectivity index (χ4n) is 8.45. The SMILES string of the molecule is O=C(CC12CC3CC(CC(C3)C1)C2)c1cn(-c2ccc(F)cc2F)c2nc(N3CCC(F)CC3)ccc2c1=O. The number of aromatic nitrogens is 2. The van der Waals surface area contributed by atoms with E-state index in [1.807, 2.05) is 4.90 Å². The van der Waals surface area contributed by atoms with E-state index in [1.165, 1.54) is 36.1 Å². The number of halogens is 3. The van der Waals surface area contributed by atoms with Crippen LogP contribution in [-0.2, 0) is 0 Å². The topological polar surface area (TPSA) is 55.2 Å². The molecule has 4 saturated carbocycles. The first-order valence-corrected chi connectivity index (χ1v) is 14.2. The monoisotopic (exact) mass is 535 g/mol. The Kier molecular flexibility index (Phi) is 5.86. The number of ketones is 1. The van der Waals surface area contributed by atoms with Crippen LogP contribution in [-0.4, -0.2) is 34.6 Å². The van der Waals surface area contributed by atoms with E-state index < -0.39 is 23.2 Å². The summed E-state index contributed by atoms with van der Waals surface area (Å²) in [6.07, 6.45) is 8.55. The van der Waals surface area contributed by atoms with Crippen molar-refractivity contribution >= 4 is 22.6 Å². The molecule has 0 unspecified atom stereocenters. The predicted molar refractivity (Wildman–Crippen MR) is 143 cm³/mol. The van der Waals surface area contributed by atoms with Crippen molar-refractivity contribution in [2.45, 2.75) is 64.0 Å². The van der Waals surface area contributed by atoms with Crippen molar-refractivity contribution < 1.29 is 18.0 Å². The molecule has 204 valence electrons. The highest BCUT2D eigenvalue weighted by Gasteiger charge is 2.51. The maximum Gasteiger partial charge on any atom is 0.201 e. The summed E-state index contributed by atoms with van der Waals surface area (Å²) in [6.45, 7) is 0.965. The quantitative estimate of drug-likeness (QED) is 0.355. The van der Waals surface area contributed by atoms with Crippen LogP contribution >= 0.6 is 0 Å². The molecule has 1 aliphatic heterocycles. The Hall–Kier alpha value is -3.16. The van der Waals surface area contributed by atoms with Crippen LogP contribution in [0.15, 0.2) is 41.3 Å². The first kappa shape index (κ1) is 24.9. The summed E-state index contributed by atoms with van der Waals surface area (Å²) in [7, 11) is 0. The molecule has 1 saturated heterocycles. The predicted octanol–water partition coefficient (Wildman–Crippen LogP) is 6.39. The number of nitrogens with zero attached hydrogens (tertiary/aromatic N) is 3. The molecule has 4 aliphatic carbocycles. The van der Waals surface area contributed by atoms with Gasteiger partial charge in [-0.1, -0.05) is 0 Å². The van der Waals surface area contributed by atoms with Crippen LogP contribution in [0.2, 0.25) is 0 Å². The van der Waals surface area contributed by atoms with Crippen molar-refractivity contribution in [3.8, 4) is 5.69 Å². The molecule has 0 radical (unpaired) electrons. The van der Waals surface area contributed by atoms with Gasteiger partial charge in [-0.25, -0.2) is 18.2 Å². The third-order valence-electron chi connectivity index (χ3n) is 9.75. The van der Waals surface area contributed by atoms with Crippen molar-refractivity contribution in [3.63, 3.8) is 0 Å². The van der Waals surface area contributed by atoms with Crippen molar-refractivity contribution in [1.29, 1.82) is 0 Å². The molecule has 39 heavy (non-hydrogen) atoms. The molecule has 0 N–H and O–H groups in total. The lowest BCUT2D eigenvalue weighted by molar-refractivity contribution is -0.0524. The number of piperidine rings is 1. The lowest BCUT2D eigenvalue weighted by Crippen LogP contribution is -2.47. The molecule has 2 aromatic heterocycles. The Morgan fingerprint density at radius 3 is 2.28 bits per heavy atom. The Bertz CT molecular complexity index is 1490. The Morgan fingerprint density at radius 1 is 0.974 bits per heavy atom. The Labute approximate surface area is 225 Å². The molecule has 8 rings (SSSR count).